The molecule has 0 saturated carbocycles. The third-order valence-corrected chi connectivity index (χ3v) is 5.65. The first-order chi connectivity index (χ1) is 13.5. The summed E-state index contributed by atoms with van der Waals surface area (Å²) in [6.45, 7) is 0. The van der Waals surface area contributed by atoms with Crippen molar-refractivity contribution in [1.82, 2.24) is 0 Å². The number of thioether (sulfide) groups is 1. The number of anilines is 1. The van der Waals surface area contributed by atoms with Crippen molar-refractivity contribution >= 4 is 29.4 Å². The number of para-hydroxylation sites is 1. The highest BCUT2D eigenvalue weighted by molar-refractivity contribution is 8.00. The molecule has 0 amide bonds. The van der Waals surface area contributed by atoms with Gasteiger partial charge in [-0.3, -0.25) is 4.90 Å². The molecule has 0 saturated heterocycles. The highest BCUT2D eigenvalue weighted by Crippen LogP contribution is 2.52. The molecule has 0 unspecified atom stereocenters. The van der Waals surface area contributed by atoms with Gasteiger partial charge in [-0.15, -0.1) is 0 Å². The van der Waals surface area contributed by atoms with Crippen molar-refractivity contribution in [2.45, 2.75) is 16.6 Å². The standard InChI is InChI=1S/C20H16FNO5S/c1-25-18(23)15-16(19(24)26-2)22-13-5-3-4-6-14(13)28-20(22)27-17(15)11-7-9-12(21)10-8-11/h3-10,17,20H,1-2H3/t17-,20-/m1/s1. The van der Waals surface area contributed by atoms with Crippen LogP contribution < -0.4 is 4.90 Å². The van der Waals surface area contributed by atoms with Gasteiger partial charge < -0.3 is 14.2 Å². The number of halogens is 1. The van der Waals surface area contributed by atoms with Gasteiger partial charge in [0, 0.05) is 4.90 Å². The second-order valence-corrected chi connectivity index (χ2v) is 7.15. The molecule has 0 fully saturated rings. The van der Waals surface area contributed by atoms with Crippen LogP contribution in [0.15, 0.2) is 64.7 Å². The Morgan fingerprint density at radius 3 is 2.39 bits per heavy atom. The Morgan fingerprint density at radius 2 is 1.71 bits per heavy atom. The molecule has 6 nitrogen and oxygen atoms in total. The summed E-state index contributed by atoms with van der Waals surface area (Å²) in [6.07, 6.45) is -0.912. The van der Waals surface area contributed by atoms with E-state index in [1.54, 1.807) is 4.90 Å². The third kappa shape index (κ3) is 2.94. The quantitative estimate of drug-likeness (QED) is 0.731. The topological polar surface area (TPSA) is 65.1 Å². The Kier molecular flexibility index (Phi) is 4.82. The Balaban J connectivity index is 1.93. The number of carbonyl (C=O) groups is 2. The Morgan fingerprint density at radius 1 is 1.04 bits per heavy atom. The highest BCUT2D eigenvalue weighted by Gasteiger charge is 2.47. The highest BCUT2D eigenvalue weighted by atomic mass is 32.2. The van der Waals surface area contributed by atoms with Crippen molar-refractivity contribution in [2.75, 3.05) is 19.1 Å². The number of benzene rings is 2. The lowest BCUT2D eigenvalue weighted by molar-refractivity contribution is -0.142. The molecule has 2 atom stereocenters. The first-order valence-electron chi connectivity index (χ1n) is 8.41. The molecule has 2 aromatic carbocycles. The van der Waals surface area contributed by atoms with Crippen LogP contribution in [0.1, 0.15) is 11.7 Å². The maximum atomic E-state index is 13.4. The van der Waals surface area contributed by atoms with Gasteiger partial charge in [0.15, 0.2) is 5.56 Å². The van der Waals surface area contributed by atoms with Gasteiger partial charge in [0.25, 0.3) is 0 Å². The smallest absolute Gasteiger partial charge is 0.355 e. The van der Waals surface area contributed by atoms with Crippen LogP contribution in [0, 0.1) is 5.82 Å². The van der Waals surface area contributed by atoms with Gasteiger partial charge in [-0.1, -0.05) is 36.0 Å². The number of methoxy groups -OCH3 is 2. The van der Waals surface area contributed by atoms with Crippen molar-refractivity contribution in [3.8, 4) is 0 Å². The van der Waals surface area contributed by atoms with Gasteiger partial charge in [0.2, 0.25) is 0 Å². The largest absolute Gasteiger partial charge is 0.466 e. The van der Waals surface area contributed by atoms with Crippen molar-refractivity contribution in [2.24, 2.45) is 0 Å². The number of nitrogens with zero attached hydrogens (tertiary/aromatic N) is 1. The predicted molar refractivity (Wildman–Crippen MR) is 99.9 cm³/mol. The lowest BCUT2D eigenvalue weighted by Crippen LogP contribution is -2.43. The van der Waals surface area contributed by atoms with Crippen LogP contribution in [0.4, 0.5) is 10.1 Å². The molecule has 0 aromatic heterocycles. The molecule has 8 heteroatoms. The zero-order chi connectivity index (χ0) is 19.8. The molecule has 4 rings (SSSR count). The number of rotatable bonds is 3. The number of hydrogen-bond acceptors (Lipinski definition) is 7. The maximum Gasteiger partial charge on any atom is 0.355 e. The van der Waals surface area contributed by atoms with Gasteiger partial charge in [-0.2, -0.15) is 0 Å². The average Bonchev–Trinajstić information content (AvgIpc) is 3.10. The predicted octanol–water partition coefficient (Wildman–Crippen LogP) is 3.39. The number of esters is 2. The van der Waals surface area contributed by atoms with E-state index in [4.69, 9.17) is 14.2 Å². The number of fused-ring (bicyclic) bond motifs is 3. The Labute approximate surface area is 164 Å². The fourth-order valence-electron chi connectivity index (χ4n) is 3.29. The zero-order valence-corrected chi connectivity index (χ0v) is 15.9. The molecule has 2 aliphatic rings. The van der Waals surface area contributed by atoms with E-state index in [1.807, 2.05) is 24.3 Å². The number of hydrogen-bond donors (Lipinski definition) is 0. The van der Waals surface area contributed by atoms with E-state index in [-0.39, 0.29) is 11.3 Å². The molecular weight excluding hydrogens is 385 g/mol. The van der Waals surface area contributed by atoms with E-state index in [0.29, 0.717) is 5.56 Å². The summed E-state index contributed by atoms with van der Waals surface area (Å²) in [5.41, 5.74) is 0.734. The van der Waals surface area contributed by atoms with E-state index < -0.39 is 29.4 Å². The zero-order valence-electron chi connectivity index (χ0n) is 15.0. The average molecular weight is 401 g/mol. The fourth-order valence-corrected chi connectivity index (χ4v) is 4.44. The normalized spacial score (nSPS) is 20.5. The van der Waals surface area contributed by atoms with Crippen molar-refractivity contribution in [3.63, 3.8) is 0 Å². The second-order valence-electron chi connectivity index (χ2n) is 6.08. The third-order valence-electron chi connectivity index (χ3n) is 4.53. The van der Waals surface area contributed by atoms with Crippen molar-refractivity contribution in [1.29, 1.82) is 0 Å². The maximum absolute atomic E-state index is 13.4. The van der Waals surface area contributed by atoms with Gasteiger partial charge in [-0.25, -0.2) is 14.0 Å². The van der Waals surface area contributed by atoms with Crippen LogP contribution >= 0.6 is 11.8 Å². The van der Waals surface area contributed by atoms with E-state index in [9.17, 15) is 14.0 Å². The van der Waals surface area contributed by atoms with Crippen LogP contribution in [-0.4, -0.2) is 31.7 Å². The van der Waals surface area contributed by atoms with Crippen LogP contribution in [0.25, 0.3) is 0 Å². The fraction of sp³-hybridized carbons (Fsp3) is 0.200. The monoisotopic (exact) mass is 401 g/mol. The molecule has 2 heterocycles. The number of ether oxygens (including phenoxy) is 3. The summed E-state index contributed by atoms with van der Waals surface area (Å²) in [5.74, 6) is -1.82. The lowest BCUT2D eigenvalue weighted by Gasteiger charge is -2.37. The second kappa shape index (κ2) is 7.29. The van der Waals surface area contributed by atoms with Crippen LogP contribution in [0.3, 0.4) is 0 Å². The van der Waals surface area contributed by atoms with Crippen LogP contribution in [0.2, 0.25) is 0 Å². The van der Waals surface area contributed by atoms with Gasteiger partial charge >= 0.3 is 11.9 Å². The van der Waals surface area contributed by atoms with E-state index >= 15 is 0 Å². The minimum absolute atomic E-state index is 0.00881. The summed E-state index contributed by atoms with van der Waals surface area (Å²) < 4.78 is 29.5. The van der Waals surface area contributed by atoms with Gasteiger partial charge in [-0.05, 0) is 29.8 Å². The van der Waals surface area contributed by atoms with E-state index in [2.05, 4.69) is 0 Å². The van der Waals surface area contributed by atoms with Gasteiger partial charge in [0.1, 0.15) is 23.2 Å². The molecule has 0 spiro atoms. The van der Waals surface area contributed by atoms with Crippen LogP contribution in [0.5, 0.6) is 0 Å². The van der Waals surface area contributed by atoms with Crippen molar-refractivity contribution in [3.05, 3.63) is 71.2 Å². The van der Waals surface area contributed by atoms with Crippen molar-refractivity contribution < 1.29 is 28.2 Å². The van der Waals surface area contributed by atoms with E-state index in [1.165, 1.54) is 50.2 Å². The number of carbonyl (C=O) groups excluding carboxylic acids is 2. The van der Waals surface area contributed by atoms with Gasteiger partial charge in [0.05, 0.1) is 19.9 Å². The minimum atomic E-state index is -0.912. The molecule has 144 valence electrons. The summed E-state index contributed by atoms with van der Waals surface area (Å²) >= 11 is 1.41. The molecule has 0 aliphatic carbocycles. The summed E-state index contributed by atoms with van der Waals surface area (Å²) in [5, 5.41) is 0. The molecule has 0 bridgehead atoms. The summed E-state index contributed by atoms with van der Waals surface area (Å²) in [6, 6.07) is 13.0. The molecule has 28 heavy (non-hydrogen) atoms. The molecule has 0 N–H and O–H groups in total. The first kappa shape index (κ1) is 18.5. The summed E-state index contributed by atoms with van der Waals surface area (Å²) in [4.78, 5) is 27.9. The Hall–Kier alpha value is -2.84. The van der Waals surface area contributed by atoms with E-state index in [0.717, 1.165) is 10.6 Å². The summed E-state index contributed by atoms with van der Waals surface area (Å²) in [7, 11) is 2.47. The molecule has 2 aromatic rings. The first-order valence-corrected chi connectivity index (χ1v) is 9.29. The van der Waals surface area contributed by atoms with Crippen LogP contribution in [-0.2, 0) is 23.8 Å². The minimum Gasteiger partial charge on any atom is -0.466 e. The molecule has 0 radical (unpaired) electrons. The lowest BCUT2D eigenvalue weighted by atomic mass is 9.97. The molecular formula is C20H16FNO5S. The SMILES string of the molecule is COC(=O)C1=C(C(=O)OC)N2c3ccccc3S[C@H]2O[C@@H]1c1ccc(F)cc1. The molecule has 2 aliphatic heterocycles. The Bertz CT molecular complexity index is 975.